The number of rotatable bonds is 5. The molecule has 1 aromatic carbocycles. The molecule has 2 N–H and O–H groups in total. The van der Waals surface area contributed by atoms with Crippen LogP contribution >= 0.6 is 11.6 Å². The van der Waals surface area contributed by atoms with Crippen molar-refractivity contribution in [1.29, 1.82) is 0 Å². The van der Waals surface area contributed by atoms with Gasteiger partial charge in [0.05, 0.1) is 29.0 Å². The van der Waals surface area contributed by atoms with Gasteiger partial charge in [-0.15, -0.1) is 0 Å². The molecule has 1 atom stereocenters. The lowest BCUT2D eigenvalue weighted by Gasteiger charge is -2.22. The van der Waals surface area contributed by atoms with Crippen LogP contribution in [-0.4, -0.2) is 30.0 Å². The van der Waals surface area contributed by atoms with E-state index in [1.165, 1.54) is 18.2 Å². The van der Waals surface area contributed by atoms with Crippen molar-refractivity contribution in [2.24, 2.45) is 0 Å². The van der Waals surface area contributed by atoms with Gasteiger partial charge in [0.25, 0.3) is 0 Å². The second-order valence-electron chi connectivity index (χ2n) is 5.08. The highest BCUT2D eigenvalue weighted by Gasteiger charge is 2.13. The molecular formula is C13H19ClFNO2. The fourth-order valence-corrected chi connectivity index (χ4v) is 1.45. The van der Waals surface area contributed by atoms with Crippen molar-refractivity contribution in [2.45, 2.75) is 32.5 Å². The van der Waals surface area contributed by atoms with E-state index >= 15 is 0 Å². The standard InChI is InChI=1S/C13H19ClFNO2/c1-13(2,3)18-8-10(17)7-16-12-6-9(15)4-5-11(12)14/h4-6,10,16-17H,7-8H2,1-3H3. The molecule has 0 spiro atoms. The summed E-state index contributed by atoms with van der Waals surface area (Å²) in [5.41, 5.74) is 0.170. The Labute approximate surface area is 112 Å². The van der Waals surface area contributed by atoms with Gasteiger partial charge < -0.3 is 15.2 Å². The van der Waals surface area contributed by atoms with Crippen molar-refractivity contribution < 1.29 is 14.2 Å². The van der Waals surface area contributed by atoms with Crippen LogP contribution in [0.15, 0.2) is 18.2 Å². The molecule has 0 heterocycles. The lowest BCUT2D eigenvalue weighted by molar-refractivity contribution is -0.0449. The molecule has 0 amide bonds. The van der Waals surface area contributed by atoms with Crippen LogP contribution in [0.2, 0.25) is 5.02 Å². The first-order chi connectivity index (χ1) is 8.28. The summed E-state index contributed by atoms with van der Waals surface area (Å²) in [6, 6.07) is 4.05. The second-order valence-corrected chi connectivity index (χ2v) is 5.49. The van der Waals surface area contributed by atoms with Crippen molar-refractivity contribution in [2.75, 3.05) is 18.5 Å². The Morgan fingerprint density at radius 2 is 2.11 bits per heavy atom. The Kier molecular flexibility index (Phi) is 5.38. The molecule has 1 rings (SSSR count). The molecule has 1 unspecified atom stereocenters. The highest BCUT2D eigenvalue weighted by atomic mass is 35.5. The number of benzene rings is 1. The maximum atomic E-state index is 13.0. The van der Waals surface area contributed by atoms with E-state index in [1.807, 2.05) is 20.8 Å². The minimum absolute atomic E-state index is 0.212. The average Bonchev–Trinajstić information content (AvgIpc) is 2.26. The first kappa shape index (κ1) is 15.2. The second kappa shape index (κ2) is 6.36. The highest BCUT2D eigenvalue weighted by molar-refractivity contribution is 6.33. The number of ether oxygens (including phenoxy) is 1. The average molecular weight is 276 g/mol. The van der Waals surface area contributed by atoms with Gasteiger partial charge in [0, 0.05) is 6.54 Å². The summed E-state index contributed by atoms with van der Waals surface area (Å²) in [5, 5.41) is 13.0. The van der Waals surface area contributed by atoms with Crippen molar-refractivity contribution in [1.82, 2.24) is 0 Å². The molecule has 102 valence electrons. The maximum Gasteiger partial charge on any atom is 0.125 e. The maximum absolute atomic E-state index is 13.0. The van der Waals surface area contributed by atoms with Crippen LogP contribution < -0.4 is 5.32 Å². The van der Waals surface area contributed by atoms with E-state index in [1.54, 1.807) is 0 Å². The number of halogens is 2. The van der Waals surface area contributed by atoms with E-state index in [9.17, 15) is 9.50 Å². The van der Waals surface area contributed by atoms with Gasteiger partial charge in [0.1, 0.15) is 5.82 Å². The van der Waals surface area contributed by atoms with Gasteiger partial charge in [-0.05, 0) is 39.0 Å². The molecule has 0 aromatic heterocycles. The molecule has 0 saturated heterocycles. The smallest absolute Gasteiger partial charge is 0.125 e. The van der Waals surface area contributed by atoms with E-state index < -0.39 is 6.10 Å². The summed E-state index contributed by atoms with van der Waals surface area (Å²) >= 11 is 5.89. The molecule has 1 aromatic rings. The molecule has 0 aliphatic carbocycles. The number of aliphatic hydroxyl groups is 1. The molecule has 0 fully saturated rings. The number of aliphatic hydroxyl groups excluding tert-OH is 1. The van der Waals surface area contributed by atoms with Gasteiger partial charge in [-0.1, -0.05) is 11.6 Å². The van der Waals surface area contributed by atoms with Crippen LogP contribution in [0.4, 0.5) is 10.1 Å². The lowest BCUT2D eigenvalue weighted by Crippen LogP contribution is -2.30. The Morgan fingerprint density at radius 3 is 2.72 bits per heavy atom. The molecule has 3 nitrogen and oxygen atoms in total. The number of nitrogens with one attached hydrogen (secondary N) is 1. The van der Waals surface area contributed by atoms with Crippen molar-refractivity contribution in [3.8, 4) is 0 Å². The number of anilines is 1. The van der Waals surface area contributed by atoms with Gasteiger partial charge in [-0.3, -0.25) is 0 Å². The fourth-order valence-electron chi connectivity index (χ4n) is 1.27. The molecule has 0 bridgehead atoms. The third-order valence-corrected chi connectivity index (χ3v) is 2.49. The number of hydrogen-bond acceptors (Lipinski definition) is 3. The summed E-state index contributed by atoms with van der Waals surface area (Å²) in [6.45, 7) is 6.20. The summed E-state index contributed by atoms with van der Waals surface area (Å²) in [6.07, 6.45) is -0.677. The minimum atomic E-state index is -0.677. The Hall–Kier alpha value is -0.840. The Bertz CT molecular complexity index is 393. The van der Waals surface area contributed by atoms with Gasteiger partial charge >= 0.3 is 0 Å². The van der Waals surface area contributed by atoms with Crippen LogP contribution in [0.3, 0.4) is 0 Å². The zero-order chi connectivity index (χ0) is 13.8. The van der Waals surface area contributed by atoms with Gasteiger partial charge in [-0.25, -0.2) is 4.39 Å². The largest absolute Gasteiger partial charge is 0.389 e. The molecule has 5 heteroatoms. The summed E-state index contributed by atoms with van der Waals surface area (Å²) in [7, 11) is 0. The van der Waals surface area contributed by atoms with Crippen LogP contribution in [0.25, 0.3) is 0 Å². The van der Waals surface area contributed by atoms with E-state index in [0.29, 0.717) is 10.7 Å². The van der Waals surface area contributed by atoms with Crippen molar-refractivity contribution >= 4 is 17.3 Å². The molecule has 0 saturated carbocycles. The van der Waals surface area contributed by atoms with E-state index in [-0.39, 0.29) is 24.6 Å². The molecule has 0 radical (unpaired) electrons. The monoisotopic (exact) mass is 275 g/mol. The van der Waals surface area contributed by atoms with E-state index in [0.717, 1.165) is 0 Å². The lowest BCUT2D eigenvalue weighted by atomic mass is 10.2. The molecule has 0 aliphatic heterocycles. The molecule has 0 aliphatic rings. The summed E-state index contributed by atoms with van der Waals surface area (Å²) < 4.78 is 18.4. The third-order valence-electron chi connectivity index (χ3n) is 2.17. The van der Waals surface area contributed by atoms with Crippen LogP contribution in [0, 0.1) is 5.82 Å². The third kappa shape index (κ3) is 5.67. The van der Waals surface area contributed by atoms with Gasteiger partial charge in [0.15, 0.2) is 0 Å². The Morgan fingerprint density at radius 1 is 1.44 bits per heavy atom. The van der Waals surface area contributed by atoms with Crippen molar-refractivity contribution in [3.05, 3.63) is 29.0 Å². The summed E-state index contributed by atoms with van der Waals surface area (Å²) in [5.74, 6) is -0.373. The topological polar surface area (TPSA) is 41.5 Å². The van der Waals surface area contributed by atoms with E-state index in [2.05, 4.69) is 5.32 Å². The highest BCUT2D eigenvalue weighted by Crippen LogP contribution is 2.22. The van der Waals surface area contributed by atoms with E-state index in [4.69, 9.17) is 16.3 Å². The van der Waals surface area contributed by atoms with Gasteiger partial charge in [-0.2, -0.15) is 0 Å². The number of hydrogen-bond donors (Lipinski definition) is 2. The van der Waals surface area contributed by atoms with Crippen LogP contribution in [-0.2, 0) is 4.74 Å². The Balaban J connectivity index is 2.42. The zero-order valence-corrected chi connectivity index (χ0v) is 11.6. The first-order valence-corrected chi connectivity index (χ1v) is 6.17. The predicted octanol–water partition coefficient (Wildman–Crippen LogP) is 3.07. The minimum Gasteiger partial charge on any atom is -0.389 e. The molecular weight excluding hydrogens is 257 g/mol. The fraction of sp³-hybridized carbons (Fsp3) is 0.538. The SMILES string of the molecule is CC(C)(C)OCC(O)CNc1cc(F)ccc1Cl. The first-order valence-electron chi connectivity index (χ1n) is 5.79. The van der Waals surface area contributed by atoms with Crippen LogP contribution in [0.1, 0.15) is 20.8 Å². The predicted molar refractivity (Wildman–Crippen MR) is 71.6 cm³/mol. The zero-order valence-electron chi connectivity index (χ0n) is 10.8. The summed E-state index contributed by atoms with van der Waals surface area (Å²) in [4.78, 5) is 0. The normalized spacial score (nSPS) is 13.4. The quantitative estimate of drug-likeness (QED) is 0.868. The van der Waals surface area contributed by atoms with Crippen LogP contribution in [0.5, 0.6) is 0 Å². The van der Waals surface area contributed by atoms with Crippen molar-refractivity contribution in [3.63, 3.8) is 0 Å². The van der Waals surface area contributed by atoms with Gasteiger partial charge in [0.2, 0.25) is 0 Å². The molecule has 18 heavy (non-hydrogen) atoms.